The Morgan fingerprint density at radius 3 is 2.70 bits per heavy atom. The van der Waals surface area contributed by atoms with Crippen LogP contribution in [-0.4, -0.2) is 27.0 Å². The summed E-state index contributed by atoms with van der Waals surface area (Å²) in [7, 11) is -3.45. The number of hydrogen-bond acceptors (Lipinski definition) is 3. The van der Waals surface area contributed by atoms with Crippen LogP contribution in [0.2, 0.25) is 0 Å². The van der Waals surface area contributed by atoms with Gasteiger partial charge >= 0.3 is 0 Å². The maximum atomic E-state index is 12.4. The lowest BCUT2D eigenvalue weighted by atomic mass is 10.0. The Hall–Kier alpha value is -0.140. The van der Waals surface area contributed by atoms with E-state index >= 15 is 0 Å². The molecule has 2 rings (SSSR count). The van der Waals surface area contributed by atoms with Gasteiger partial charge in [-0.15, -0.1) is 12.4 Å². The SMILES string of the molecule is Cc1cc(Br)ccc1S(=O)(=O)NC1CCCNC1C.Cl. The fourth-order valence-electron chi connectivity index (χ4n) is 2.38. The molecule has 1 saturated heterocycles. The molecule has 0 aliphatic carbocycles. The van der Waals surface area contributed by atoms with Crippen LogP contribution in [0.15, 0.2) is 27.6 Å². The molecule has 2 atom stereocenters. The van der Waals surface area contributed by atoms with E-state index in [0.29, 0.717) is 4.90 Å². The summed E-state index contributed by atoms with van der Waals surface area (Å²) in [6, 6.07) is 5.34. The van der Waals surface area contributed by atoms with Crippen molar-refractivity contribution in [3.05, 3.63) is 28.2 Å². The molecule has 0 bridgehead atoms. The highest BCUT2D eigenvalue weighted by Crippen LogP contribution is 2.21. The first-order valence-corrected chi connectivity index (χ1v) is 8.69. The zero-order valence-corrected chi connectivity index (χ0v) is 14.7. The number of rotatable bonds is 3. The average molecular weight is 384 g/mol. The molecule has 114 valence electrons. The minimum absolute atomic E-state index is 0. The maximum Gasteiger partial charge on any atom is 0.241 e. The average Bonchev–Trinajstić information content (AvgIpc) is 2.31. The highest BCUT2D eigenvalue weighted by atomic mass is 79.9. The second kappa shape index (κ2) is 7.22. The van der Waals surface area contributed by atoms with Crippen LogP contribution < -0.4 is 10.0 Å². The van der Waals surface area contributed by atoms with Gasteiger partial charge in [-0.1, -0.05) is 15.9 Å². The molecule has 20 heavy (non-hydrogen) atoms. The lowest BCUT2D eigenvalue weighted by Crippen LogP contribution is -2.51. The Morgan fingerprint density at radius 2 is 2.10 bits per heavy atom. The summed E-state index contributed by atoms with van der Waals surface area (Å²) < 4.78 is 28.5. The third-order valence-corrected chi connectivity index (χ3v) is 5.64. The largest absolute Gasteiger partial charge is 0.313 e. The van der Waals surface area contributed by atoms with E-state index < -0.39 is 10.0 Å². The summed E-state index contributed by atoms with van der Waals surface area (Å²) in [5, 5.41) is 3.30. The quantitative estimate of drug-likeness (QED) is 0.843. The number of aryl methyl sites for hydroxylation is 1. The highest BCUT2D eigenvalue weighted by Gasteiger charge is 2.27. The van der Waals surface area contributed by atoms with Crippen molar-refractivity contribution in [2.75, 3.05) is 6.54 Å². The van der Waals surface area contributed by atoms with E-state index in [1.54, 1.807) is 12.1 Å². The predicted molar refractivity (Wildman–Crippen MR) is 86.9 cm³/mol. The van der Waals surface area contributed by atoms with Gasteiger partial charge in [0.05, 0.1) is 4.90 Å². The van der Waals surface area contributed by atoms with E-state index in [1.165, 1.54) is 0 Å². The van der Waals surface area contributed by atoms with E-state index in [4.69, 9.17) is 0 Å². The van der Waals surface area contributed by atoms with E-state index in [0.717, 1.165) is 29.4 Å². The molecule has 1 fully saturated rings. The van der Waals surface area contributed by atoms with Crippen molar-refractivity contribution in [1.29, 1.82) is 0 Å². The van der Waals surface area contributed by atoms with E-state index in [1.807, 2.05) is 19.9 Å². The second-order valence-electron chi connectivity index (χ2n) is 5.02. The number of benzene rings is 1. The Labute approximate surface area is 135 Å². The smallest absolute Gasteiger partial charge is 0.241 e. The minimum Gasteiger partial charge on any atom is -0.313 e. The van der Waals surface area contributed by atoms with Crippen molar-refractivity contribution < 1.29 is 8.42 Å². The monoisotopic (exact) mass is 382 g/mol. The van der Waals surface area contributed by atoms with Crippen LogP contribution in [0.5, 0.6) is 0 Å². The Bertz CT molecular complexity index is 565. The summed E-state index contributed by atoms with van der Waals surface area (Å²) in [6.07, 6.45) is 1.87. The first kappa shape index (κ1) is 17.9. The fourth-order valence-corrected chi connectivity index (χ4v) is 4.44. The van der Waals surface area contributed by atoms with Gasteiger partial charge in [0.25, 0.3) is 0 Å². The maximum absolute atomic E-state index is 12.4. The van der Waals surface area contributed by atoms with Gasteiger partial charge in [0.1, 0.15) is 0 Å². The van der Waals surface area contributed by atoms with Crippen molar-refractivity contribution in [3.8, 4) is 0 Å². The molecule has 0 radical (unpaired) electrons. The molecule has 1 heterocycles. The zero-order valence-electron chi connectivity index (χ0n) is 11.5. The number of piperidine rings is 1. The van der Waals surface area contributed by atoms with Gasteiger partial charge in [-0.05, 0) is 57.0 Å². The van der Waals surface area contributed by atoms with Crippen molar-refractivity contribution in [3.63, 3.8) is 0 Å². The summed E-state index contributed by atoms with van der Waals surface area (Å²) in [5.41, 5.74) is 0.748. The van der Waals surface area contributed by atoms with Gasteiger partial charge in [0, 0.05) is 16.6 Å². The van der Waals surface area contributed by atoms with Crippen LogP contribution in [0.25, 0.3) is 0 Å². The van der Waals surface area contributed by atoms with Crippen molar-refractivity contribution in [2.24, 2.45) is 0 Å². The number of nitrogens with one attached hydrogen (secondary N) is 2. The molecule has 7 heteroatoms. The lowest BCUT2D eigenvalue weighted by Gasteiger charge is -2.30. The molecule has 1 aliphatic rings. The van der Waals surface area contributed by atoms with Gasteiger partial charge in [-0.2, -0.15) is 0 Å². The fraction of sp³-hybridized carbons (Fsp3) is 0.538. The summed E-state index contributed by atoms with van der Waals surface area (Å²) in [5.74, 6) is 0. The molecule has 2 unspecified atom stereocenters. The van der Waals surface area contributed by atoms with E-state index in [-0.39, 0.29) is 24.5 Å². The van der Waals surface area contributed by atoms with Crippen LogP contribution >= 0.6 is 28.3 Å². The Morgan fingerprint density at radius 1 is 1.40 bits per heavy atom. The molecule has 1 aliphatic heterocycles. The third kappa shape index (κ3) is 4.18. The van der Waals surface area contributed by atoms with Crippen LogP contribution in [0, 0.1) is 6.92 Å². The second-order valence-corrected chi connectivity index (χ2v) is 7.62. The normalized spacial score (nSPS) is 23.1. The molecular formula is C13H20BrClN2O2S. The molecule has 2 N–H and O–H groups in total. The third-order valence-electron chi connectivity index (χ3n) is 3.49. The van der Waals surface area contributed by atoms with Crippen LogP contribution in [0.4, 0.5) is 0 Å². The molecular weight excluding hydrogens is 364 g/mol. The molecule has 0 spiro atoms. The van der Waals surface area contributed by atoms with Crippen LogP contribution in [-0.2, 0) is 10.0 Å². The molecule has 0 saturated carbocycles. The first-order valence-electron chi connectivity index (χ1n) is 6.42. The molecule has 1 aromatic carbocycles. The van der Waals surface area contributed by atoms with Crippen LogP contribution in [0.3, 0.4) is 0 Å². The van der Waals surface area contributed by atoms with Gasteiger partial charge in [0.2, 0.25) is 10.0 Å². The topological polar surface area (TPSA) is 58.2 Å². The number of halogens is 2. The van der Waals surface area contributed by atoms with E-state index in [2.05, 4.69) is 26.0 Å². The predicted octanol–water partition coefficient (Wildman–Crippen LogP) is 2.60. The van der Waals surface area contributed by atoms with Gasteiger partial charge < -0.3 is 5.32 Å². The highest BCUT2D eigenvalue weighted by molar-refractivity contribution is 9.10. The van der Waals surface area contributed by atoms with E-state index in [9.17, 15) is 8.42 Å². The summed E-state index contributed by atoms with van der Waals surface area (Å²) in [4.78, 5) is 0.355. The van der Waals surface area contributed by atoms with Gasteiger partial charge in [-0.3, -0.25) is 0 Å². The molecule has 0 aromatic heterocycles. The van der Waals surface area contributed by atoms with Gasteiger partial charge in [-0.25, -0.2) is 13.1 Å². The van der Waals surface area contributed by atoms with Crippen molar-refractivity contribution >= 4 is 38.4 Å². The minimum atomic E-state index is -3.45. The van der Waals surface area contributed by atoms with Crippen molar-refractivity contribution in [1.82, 2.24) is 10.0 Å². The first-order chi connectivity index (χ1) is 8.90. The number of sulfonamides is 1. The zero-order chi connectivity index (χ0) is 14.0. The molecule has 0 amide bonds. The Kier molecular flexibility index (Phi) is 6.47. The number of hydrogen-bond donors (Lipinski definition) is 2. The van der Waals surface area contributed by atoms with Crippen LogP contribution in [0.1, 0.15) is 25.3 Å². The lowest BCUT2D eigenvalue weighted by molar-refractivity contribution is 0.348. The summed E-state index contributed by atoms with van der Waals surface area (Å²) in [6.45, 7) is 4.78. The van der Waals surface area contributed by atoms with Gasteiger partial charge in [0.15, 0.2) is 0 Å². The molecule has 1 aromatic rings. The summed E-state index contributed by atoms with van der Waals surface area (Å²) >= 11 is 3.35. The Balaban J connectivity index is 0.00000200. The standard InChI is InChI=1S/C13H19BrN2O2S.ClH/c1-9-8-11(14)5-6-13(9)19(17,18)16-12-4-3-7-15-10(12)2;/h5-6,8,10,12,15-16H,3-4,7H2,1-2H3;1H. The molecule has 4 nitrogen and oxygen atoms in total. The van der Waals surface area contributed by atoms with Crippen molar-refractivity contribution in [2.45, 2.75) is 43.7 Å².